The molecule has 0 spiro atoms. The molecule has 0 radical (unpaired) electrons. The number of fused-ring (bicyclic) bond motifs is 1. The third kappa shape index (κ3) is 3.46. The van der Waals surface area contributed by atoms with E-state index >= 15 is 0 Å². The number of benzene rings is 2. The molecule has 5 heteroatoms. The Balaban J connectivity index is 1.75. The number of aryl methyl sites for hydroxylation is 1. The van der Waals surface area contributed by atoms with Gasteiger partial charge in [0.15, 0.2) is 0 Å². The van der Waals surface area contributed by atoms with E-state index in [2.05, 4.69) is 15.6 Å². The van der Waals surface area contributed by atoms with Crippen molar-refractivity contribution in [1.82, 2.24) is 4.98 Å². The Morgan fingerprint density at radius 3 is 2.50 bits per heavy atom. The smallest absolute Gasteiger partial charge is 0.228 e. The Morgan fingerprint density at radius 1 is 1.04 bits per heavy atom. The van der Waals surface area contributed by atoms with Gasteiger partial charge in [0, 0.05) is 35.4 Å². The average Bonchev–Trinajstić information content (AvgIpc) is 2.91. The lowest BCUT2D eigenvalue weighted by molar-refractivity contribution is -0.115. The molecule has 0 fully saturated rings. The number of carbonyl (C=O) groups excluding carboxylic acids is 2. The fourth-order valence-electron chi connectivity index (χ4n) is 2.85. The van der Waals surface area contributed by atoms with Crippen LogP contribution in [0.4, 0.5) is 11.4 Å². The molecule has 0 unspecified atom stereocenters. The minimum atomic E-state index is -0.146. The molecule has 2 aromatic carbocycles. The lowest BCUT2D eigenvalue weighted by Gasteiger charge is -2.08. The minimum Gasteiger partial charge on any atom is -0.361 e. The van der Waals surface area contributed by atoms with Crippen LogP contribution in [0.1, 0.15) is 18.1 Å². The van der Waals surface area contributed by atoms with E-state index in [1.54, 1.807) is 24.3 Å². The van der Waals surface area contributed by atoms with Crippen molar-refractivity contribution < 1.29 is 9.59 Å². The first-order chi connectivity index (χ1) is 11.5. The molecule has 3 rings (SSSR count). The van der Waals surface area contributed by atoms with Gasteiger partial charge in [-0.2, -0.15) is 0 Å². The van der Waals surface area contributed by atoms with Gasteiger partial charge in [-0.3, -0.25) is 9.59 Å². The van der Waals surface area contributed by atoms with E-state index in [1.807, 2.05) is 31.3 Å². The molecule has 0 aliphatic carbocycles. The summed E-state index contributed by atoms with van der Waals surface area (Å²) >= 11 is 0. The van der Waals surface area contributed by atoms with E-state index in [9.17, 15) is 9.59 Å². The van der Waals surface area contributed by atoms with Crippen LogP contribution >= 0.6 is 0 Å². The van der Waals surface area contributed by atoms with Crippen molar-refractivity contribution in [3.63, 3.8) is 0 Å². The van der Waals surface area contributed by atoms with Gasteiger partial charge in [0.05, 0.1) is 6.42 Å². The van der Waals surface area contributed by atoms with Crippen LogP contribution in [0.2, 0.25) is 0 Å². The summed E-state index contributed by atoms with van der Waals surface area (Å²) in [5.41, 5.74) is 4.46. The maximum Gasteiger partial charge on any atom is 0.228 e. The molecule has 5 nitrogen and oxygen atoms in total. The van der Waals surface area contributed by atoms with Gasteiger partial charge < -0.3 is 15.6 Å². The summed E-state index contributed by atoms with van der Waals surface area (Å²) in [7, 11) is 0. The molecule has 0 saturated carbocycles. The predicted molar refractivity (Wildman–Crippen MR) is 96.1 cm³/mol. The highest BCUT2D eigenvalue weighted by atomic mass is 16.2. The molecule has 0 aliphatic heterocycles. The number of anilines is 2. The number of amides is 2. The quantitative estimate of drug-likeness (QED) is 0.686. The molecule has 0 aliphatic rings. The number of hydrogen-bond acceptors (Lipinski definition) is 2. The first-order valence-corrected chi connectivity index (χ1v) is 7.76. The number of aromatic amines is 1. The van der Waals surface area contributed by atoms with Crippen molar-refractivity contribution in [2.75, 3.05) is 10.6 Å². The normalized spacial score (nSPS) is 10.6. The van der Waals surface area contributed by atoms with E-state index in [0.717, 1.165) is 22.0 Å². The second-order valence-corrected chi connectivity index (χ2v) is 5.80. The number of aromatic nitrogens is 1. The van der Waals surface area contributed by atoms with E-state index in [0.29, 0.717) is 11.4 Å². The average molecular weight is 321 g/mol. The Labute approximate surface area is 140 Å². The van der Waals surface area contributed by atoms with Crippen molar-refractivity contribution in [3.8, 4) is 0 Å². The fourth-order valence-corrected chi connectivity index (χ4v) is 2.85. The van der Waals surface area contributed by atoms with Crippen LogP contribution in [0.5, 0.6) is 0 Å². The van der Waals surface area contributed by atoms with Crippen LogP contribution in [0.25, 0.3) is 10.9 Å². The highest BCUT2D eigenvalue weighted by Gasteiger charge is 2.11. The summed E-state index contributed by atoms with van der Waals surface area (Å²) < 4.78 is 0. The topological polar surface area (TPSA) is 74.0 Å². The van der Waals surface area contributed by atoms with Gasteiger partial charge in [0.1, 0.15) is 0 Å². The summed E-state index contributed by atoms with van der Waals surface area (Å²) in [4.78, 5) is 26.7. The summed E-state index contributed by atoms with van der Waals surface area (Å²) in [6.45, 7) is 3.49. The van der Waals surface area contributed by atoms with Gasteiger partial charge >= 0.3 is 0 Å². The Kier molecular flexibility index (Phi) is 4.33. The molecule has 3 N–H and O–H groups in total. The van der Waals surface area contributed by atoms with Crippen LogP contribution in [0.3, 0.4) is 0 Å². The van der Waals surface area contributed by atoms with Gasteiger partial charge in [0.2, 0.25) is 11.8 Å². The molecule has 24 heavy (non-hydrogen) atoms. The van der Waals surface area contributed by atoms with Gasteiger partial charge in [-0.15, -0.1) is 0 Å². The molecule has 3 aromatic rings. The molecular formula is C19H19N3O2. The standard InChI is InChI=1S/C19H19N3O2/c1-12-5-3-8-17-19(12)14(11-20-17)9-18(24)22-16-7-4-6-15(10-16)21-13(2)23/h3-8,10-11,20H,9H2,1-2H3,(H,21,23)(H,22,24). The summed E-state index contributed by atoms with van der Waals surface area (Å²) in [5.74, 6) is -0.244. The number of carbonyl (C=O) groups is 2. The zero-order valence-electron chi connectivity index (χ0n) is 13.6. The van der Waals surface area contributed by atoms with Crippen molar-refractivity contribution in [1.29, 1.82) is 0 Å². The highest BCUT2D eigenvalue weighted by Crippen LogP contribution is 2.23. The van der Waals surface area contributed by atoms with Crippen LogP contribution < -0.4 is 10.6 Å². The maximum absolute atomic E-state index is 12.4. The van der Waals surface area contributed by atoms with Crippen molar-refractivity contribution in [2.24, 2.45) is 0 Å². The second kappa shape index (κ2) is 6.58. The molecule has 0 saturated heterocycles. The summed E-state index contributed by atoms with van der Waals surface area (Å²) in [6, 6.07) is 13.1. The van der Waals surface area contributed by atoms with Crippen molar-refractivity contribution in [3.05, 3.63) is 59.8 Å². The minimum absolute atomic E-state index is 0.0980. The molecule has 1 heterocycles. The van der Waals surface area contributed by atoms with Crippen LogP contribution in [0, 0.1) is 6.92 Å². The first kappa shape index (κ1) is 15.8. The number of rotatable bonds is 4. The monoisotopic (exact) mass is 321 g/mol. The van der Waals surface area contributed by atoms with Crippen molar-refractivity contribution in [2.45, 2.75) is 20.3 Å². The molecular weight excluding hydrogens is 302 g/mol. The SMILES string of the molecule is CC(=O)Nc1cccc(NC(=O)Cc2c[nH]c3cccc(C)c23)c1. The zero-order chi connectivity index (χ0) is 17.1. The lowest BCUT2D eigenvalue weighted by Crippen LogP contribution is -2.14. The largest absolute Gasteiger partial charge is 0.361 e. The number of hydrogen-bond donors (Lipinski definition) is 3. The summed E-state index contributed by atoms with van der Waals surface area (Å²) in [5, 5.41) is 6.67. The van der Waals surface area contributed by atoms with Crippen molar-refractivity contribution >= 4 is 34.1 Å². The van der Waals surface area contributed by atoms with Crippen LogP contribution in [-0.4, -0.2) is 16.8 Å². The third-order valence-corrected chi connectivity index (χ3v) is 3.81. The van der Waals surface area contributed by atoms with Crippen LogP contribution in [0.15, 0.2) is 48.7 Å². The predicted octanol–water partition coefficient (Wildman–Crippen LogP) is 3.62. The Hall–Kier alpha value is -3.08. The Morgan fingerprint density at radius 2 is 1.75 bits per heavy atom. The Bertz CT molecular complexity index is 912. The van der Waals surface area contributed by atoms with E-state index in [1.165, 1.54) is 6.92 Å². The summed E-state index contributed by atoms with van der Waals surface area (Å²) in [6.07, 6.45) is 2.17. The number of H-pyrrole nitrogens is 1. The maximum atomic E-state index is 12.4. The molecule has 0 atom stereocenters. The molecule has 2 amide bonds. The molecule has 122 valence electrons. The van der Waals surface area contributed by atoms with E-state index < -0.39 is 0 Å². The second-order valence-electron chi connectivity index (χ2n) is 5.80. The van der Waals surface area contributed by atoms with E-state index in [4.69, 9.17) is 0 Å². The zero-order valence-corrected chi connectivity index (χ0v) is 13.6. The first-order valence-electron chi connectivity index (χ1n) is 7.76. The van der Waals surface area contributed by atoms with Gasteiger partial charge in [0.25, 0.3) is 0 Å². The molecule has 0 bridgehead atoms. The van der Waals surface area contributed by atoms with Crippen LogP contribution in [-0.2, 0) is 16.0 Å². The fraction of sp³-hybridized carbons (Fsp3) is 0.158. The third-order valence-electron chi connectivity index (χ3n) is 3.81. The van der Waals surface area contributed by atoms with Gasteiger partial charge in [-0.1, -0.05) is 18.2 Å². The van der Waals surface area contributed by atoms with E-state index in [-0.39, 0.29) is 18.2 Å². The highest BCUT2D eigenvalue weighted by molar-refractivity contribution is 5.97. The number of nitrogens with one attached hydrogen (secondary N) is 3. The lowest BCUT2D eigenvalue weighted by atomic mass is 10.1. The van der Waals surface area contributed by atoms with Gasteiger partial charge in [-0.25, -0.2) is 0 Å². The molecule has 1 aromatic heterocycles. The van der Waals surface area contributed by atoms with Gasteiger partial charge in [-0.05, 0) is 42.3 Å².